The van der Waals surface area contributed by atoms with E-state index < -0.39 is 7.82 Å². The Hall–Kier alpha value is -4.27. The largest absolute Gasteiger partial charge is 0.647 e. The van der Waals surface area contributed by atoms with Crippen molar-refractivity contribution in [2.75, 3.05) is 0 Å². The second kappa shape index (κ2) is 11.4. The zero-order chi connectivity index (χ0) is 26.4. The fourth-order valence-corrected chi connectivity index (χ4v) is 5.58. The van der Waals surface area contributed by atoms with Gasteiger partial charge in [-0.25, -0.2) is 0 Å². The molecule has 0 fully saturated rings. The van der Waals surface area contributed by atoms with Gasteiger partial charge in [-0.15, -0.1) is 0 Å². The number of rotatable bonds is 9. The van der Waals surface area contributed by atoms with E-state index >= 15 is 0 Å². The van der Waals surface area contributed by atoms with Crippen molar-refractivity contribution < 1.29 is 18.1 Å². The minimum absolute atomic E-state index is 0.146. The Bertz CT molecular complexity index is 1460. The Labute approximate surface area is 224 Å². The van der Waals surface area contributed by atoms with Crippen LogP contribution in [0.25, 0.3) is 22.3 Å². The van der Waals surface area contributed by atoms with Crippen LogP contribution in [0.3, 0.4) is 0 Å². The van der Waals surface area contributed by atoms with Crippen LogP contribution in [0.4, 0.5) is 0 Å². The fraction of sp³-hybridized carbons (Fsp3) is 0.0909. The Kier molecular flexibility index (Phi) is 7.62. The van der Waals surface area contributed by atoms with Crippen LogP contribution in [0, 0.1) is 0 Å². The molecule has 0 heterocycles. The summed E-state index contributed by atoms with van der Waals surface area (Å²) in [7, 11) is -4.25. The third-order valence-electron chi connectivity index (χ3n) is 6.12. The van der Waals surface area contributed by atoms with Gasteiger partial charge in [0.2, 0.25) is 0 Å². The molecule has 0 N–H and O–H groups in total. The second-order valence-electron chi connectivity index (χ2n) is 9.14. The van der Waals surface area contributed by atoms with Gasteiger partial charge in [-0.05, 0) is 40.8 Å². The molecule has 0 unspecified atom stereocenters. The van der Waals surface area contributed by atoms with Crippen LogP contribution in [0.15, 0.2) is 133 Å². The van der Waals surface area contributed by atoms with Crippen LogP contribution in [0.2, 0.25) is 0 Å². The van der Waals surface area contributed by atoms with E-state index in [4.69, 9.17) is 13.6 Å². The third kappa shape index (κ3) is 5.82. The van der Waals surface area contributed by atoms with Gasteiger partial charge in [0.25, 0.3) is 0 Å². The van der Waals surface area contributed by atoms with Gasteiger partial charge in [-0.3, -0.25) is 0 Å². The molecule has 0 aromatic heterocycles. The predicted octanol–water partition coefficient (Wildman–Crippen LogP) is 9.79. The Morgan fingerprint density at radius 1 is 0.474 bits per heavy atom. The monoisotopic (exact) mass is 520 g/mol. The molecule has 5 aromatic rings. The van der Waals surface area contributed by atoms with E-state index in [-0.39, 0.29) is 5.92 Å². The van der Waals surface area contributed by atoms with Crippen molar-refractivity contribution in [3.05, 3.63) is 139 Å². The highest BCUT2D eigenvalue weighted by Crippen LogP contribution is 2.53. The van der Waals surface area contributed by atoms with Crippen molar-refractivity contribution in [3.63, 3.8) is 0 Å². The average molecular weight is 521 g/mol. The van der Waals surface area contributed by atoms with Gasteiger partial charge in [-0.2, -0.15) is 4.57 Å². The molecule has 0 saturated carbocycles. The van der Waals surface area contributed by atoms with E-state index in [1.54, 1.807) is 18.2 Å². The van der Waals surface area contributed by atoms with Crippen molar-refractivity contribution in [2.24, 2.45) is 0 Å². The third-order valence-corrected chi connectivity index (χ3v) is 7.38. The first-order valence-electron chi connectivity index (χ1n) is 12.6. The van der Waals surface area contributed by atoms with Crippen LogP contribution in [0.5, 0.6) is 17.2 Å². The summed E-state index contributed by atoms with van der Waals surface area (Å²) < 4.78 is 33.3. The fourth-order valence-electron chi connectivity index (χ4n) is 4.26. The van der Waals surface area contributed by atoms with Crippen LogP contribution >= 0.6 is 7.82 Å². The zero-order valence-electron chi connectivity index (χ0n) is 21.4. The normalized spacial score (nSPS) is 11.2. The summed E-state index contributed by atoms with van der Waals surface area (Å²) in [4.78, 5) is 0. The van der Waals surface area contributed by atoms with E-state index in [9.17, 15) is 4.57 Å². The van der Waals surface area contributed by atoms with Crippen LogP contribution in [-0.4, -0.2) is 0 Å². The van der Waals surface area contributed by atoms with E-state index in [0.717, 1.165) is 27.8 Å². The number of phosphoric acid groups is 1. The second-order valence-corrected chi connectivity index (χ2v) is 10.6. The van der Waals surface area contributed by atoms with E-state index in [1.807, 2.05) is 115 Å². The maximum atomic E-state index is 14.6. The Balaban J connectivity index is 1.59. The quantitative estimate of drug-likeness (QED) is 0.181. The summed E-state index contributed by atoms with van der Waals surface area (Å²) in [5.41, 5.74) is 4.35. The molecule has 5 rings (SSSR count). The first-order chi connectivity index (χ1) is 18.5. The molecule has 0 saturated heterocycles. The number of hydrogen-bond donors (Lipinski definition) is 0. The highest BCUT2D eigenvalue weighted by atomic mass is 31.2. The number of hydrogen-bond acceptors (Lipinski definition) is 4. The first-order valence-corrected chi connectivity index (χ1v) is 14.1. The van der Waals surface area contributed by atoms with E-state index in [1.165, 1.54) is 0 Å². The lowest BCUT2D eigenvalue weighted by molar-refractivity contribution is 0.298. The number of phosphoric ester groups is 1. The topological polar surface area (TPSA) is 44.8 Å². The van der Waals surface area contributed by atoms with E-state index in [2.05, 4.69) is 13.8 Å². The lowest BCUT2D eigenvalue weighted by Crippen LogP contribution is -2.10. The van der Waals surface area contributed by atoms with Gasteiger partial charge < -0.3 is 13.6 Å². The SMILES string of the molecule is CC(C)c1ccccc1OP(=O)(Oc1ccccc1-c1ccccc1)Oc1ccccc1-c1ccccc1. The Morgan fingerprint density at radius 3 is 1.32 bits per heavy atom. The van der Waals surface area contributed by atoms with Crippen molar-refractivity contribution in [2.45, 2.75) is 19.8 Å². The van der Waals surface area contributed by atoms with Gasteiger partial charge in [0.05, 0.1) is 0 Å². The van der Waals surface area contributed by atoms with Gasteiger partial charge in [0.1, 0.15) is 17.2 Å². The maximum absolute atomic E-state index is 14.6. The van der Waals surface area contributed by atoms with Gasteiger partial charge in [0, 0.05) is 11.1 Å². The van der Waals surface area contributed by atoms with Crippen molar-refractivity contribution in [3.8, 4) is 39.5 Å². The van der Waals surface area contributed by atoms with Crippen LogP contribution < -0.4 is 13.6 Å². The molecule has 0 bridgehead atoms. The summed E-state index contributed by atoms with van der Waals surface area (Å²) in [6, 6.07) is 42.1. The Morgan fingerprint density at radius 2 is 0.842 bits per heavy atom. The summed E-state index contributed by atoms with van der Waals surface area (Å²) >= 11 is 0. The standard InChI is InChI=1S/C33H29O4P/c1-25(2)28-19-9-12-22-31(28)35-38(34,36-32-23-13-10-20-29(32)26-15-5-3-6-16-26)37-33-24-14-11-21-30(33)27-17-7-4-8-18-27/h3-25H,1-2H3. The highest BCUT2D eigenvalue weighted by Gasteiger charge is 2.36. The minimum Gasteiger partial charge on any atom is -0.386 e. The van der Waals surface area contributed by atoms with Gasteiger partial charge >= 0.3 is 7.82 Å². The maximum Gasteiger partial charge on any atom is 0.647 e. The van der Waals surface area contributed by atoms with Crippen molar-refractivity contribution in [1.82, 2.24) is 0 Å². The summed E-state index contributed by atoms with van der Waals surface area (Å²) in [5, 5.41) is 0. The molecule has 0 aliphatic carbocycles. The molecular weight excluding hydrogens is 491 g/mol. The first kappa shape index (κ1) is 25.4. The molecular formula is C33H29O4P. The van der Waals surface area contributed by atoms with Crippen LogP contribution in [0.1, 0.15) is 25.3 Å². The molecule has 190 valence electrons. The molecule has 0 atom stereocenters. The average Bonchev–Trinajstić information content (AvgIpc) is 2.94. The molecule has 5 aromatic carbocycles. The molecule has 0 spiro atoms. The molecule has 4 nitrogen and oxygen atoms in total. The van der Waals surface area contributed by atoms with Gasteiger partial charge in [-0.1, -0.05) is 129 Å². The summed E-state index contributed by atoms with van der Waals surface area (Å²) in [6.45, 7) is 4.12. The highest BCUT2D eigenvalue weighted by molar-refractivity contribution is 7.49. The lowest BCUT2D eigenvalue weighted by Gasteiger charge is -2.23. The predicted molar refractivity (Wildman–Crippen MR) is 154 cm³/mol. The van der Waals surface area contributed by atoms with Gasteiger partial charge in [0.15, 0.2) is 0 Å². The lowest BCUT2D eigenvalue weighted by atomic mass is 10.0. The molecule has 0 aliphatic rings. The number of para-hydroxylation sites is 3. The molecule has 5 heteroatoms. The van der Waals surface area contributed by atoms with E-state index in [0.29, 0.717) is 17.2 Å². The zero-order valence-corrected chi connectivity index (χ0v) is 22.3. The summed E-state index contributed by atoms with van der Waals surface area (Å²) in [6.07, 6.45) is 0. The molecule has 38 heavy (non-hydrogen) atoms. The molecule has 0 radical (unpaired) electrons. The van der Waals surface area contributed by atoms with Crippen molar-refractivity contribution >= 4 is 7.82 Å². The van der Waals surface area contributed by atoms with Crippen molar-refractivity contribution in [1.29, 1.82) is 0 Å². The number of benzene rings is 5. The smallest absolute Gasteiger partial charge is 0.386 e. The minimum atomic E-state index is -4.25. The summed E-state index contributed by atoms with van der Waals surface area (Å²) in [5.74, 6) is 1.41. The molecule has 0 amide bonds. The van der Waals surface area contributed by atoms with Crippen LogP contribution in [-0.2, 0) is 4.57 Å². The molecule has 0 aliphatic heterocycles.